The van der Waals surface area contributed by atoms with Gasteiger partial charge in [-0.25, -0.2) is 4.98 Å². The summed E-state index contributed by atoms with van der Waals surface area (Å²) in [5.74, 6) is 2.41. The van der Waals surface area contributed by atoms with Crippen molar-refractivity contribution in [2.24, 2.45) is 0 Å². The molecule has 1 aromatic rings. The number of anilines is 1. The largest absolute Gasteiger partial charge is 0.370 e. The molecule has 0 bridgehead atoms. The van der Waals surface area contributed by atoms with Crippen LogP contribution in [-0.2, 0) is 10.3 Å². The summed E-state index contributed by atoms with van der Waals surface area (Å²) in [5, 5.41) is 0. The van der Waals surface area contributed by atoms with Crippen molar-refractivity contribution in [2.45, 2.75) is 43.6 Å². The van der Waals surface area contributed by atoms with Crippen LogP contribution in [-0.4, -0.2) is 22.1 Å². The number of aromatic nitrogens is 3. The van der Waals surface area contributed by atoms with Crippen molar-refractivity contribution in [1.82, 2.24) is 15.0 Å². The van der Waals surface area contributed by atoms with Gasteiger partial charge in [-0.1, -0.05) is 0 Å². The summed E-state index contributed by atoms with van der Waals surface area (Å²) in [4.78, 5) is 13.0. The van der Waals surface area contributed by atoms with Crippen LogP contribution in [0.25, 0.3) is 0 Å². The summed E-state index contributed by atoms with van der Waals surface area (Å²) in [6.07, 6.45) is 5.47. The predicted octanol–water partition coefficient (Wildman–Crippen LogP) is 1.36. The van der Waals surface area contributed by atoms with E-state index in [1.54, 1.807) is 7.11 Å². The van der Waals surface area contributed by atoms with Crippen molar-refractivity contribution in [3.05, 3.63) is 11.6 Å². The first-order valence-electron chi connectivity index (χ1n) is 5.80. The molecule has 2 saturated carbocycles. The molecule has 1 heterocycles. The molecule has 2 N–H and O–H groups in total. The first-order chi connectivity index (χ1) is 7.73. The second kappa shape index (κ2) is 3.38. The first kappa shape index (κ1) is 9.96. The van der Waals surface area contributed by atoms with E-state index in [2.05, 4.69) is 15.0 Å². The molecule has 0 amide bonds. The molecular formula is C11H16N4O. The number of nitrogens with zero attached hydrogens (tertiary/aromatic N) is 3. The Labute approximate surface area is 94.5 Å². The Morgan fingerprint density at radius 3 is 2.50 bits per heavy atom. The summed E-state index contributed by atoms with van der Waals surface area (Å²) < 4.78 is 5.56. The van der Waals surface area contributed by atoms with Crippen molar-refractivity contribution in [2.75, 3.05) is 12.8 Å². The van der Waals surface area contributed by atoms with E-state index in [0.29, 0.717) is 11.9 Å². The van der Waals surface area contributed by atoms with Crippen LogP contribution in [0.5, 0.6) is 0 Å². The fraction of sp³-hybridized carbons (Fsp3) is 0.727. The number of hydrogen-bond acceptors (Lipinski definition) is 5. The molecule has 5 heteroatoms. The van der Waals surface area contributed by atoms with Crippen LogP contribution in [0.4, 0.5) is 5.95 Å². The Bertz CT molecular complexity index is 407. The van der Waals surface area contributed by atoms with Crippen LogP contribution in [0.2, 0.25) is 0 Å². The molecule has 1 aromatic heterocycles. The molecule has 3 rings (SSSR count). The summed E-state index contributed by atoms with van der Waals surface area (Å²) in [5.41, 5.74) is 5.45. The number of nitrogen functional groups attached to an aromatic ring is 1. The van der Waals surface area contributed by atoms with Crippen molar-refractivity contribution < 1.29 is 4.74 Å². The molecule has 2 fully saturated rings. The van der Waals surface area contributed by atoms with E-state index in [0.717, 1.165) is 30.9 Å². The monoisotopic (exact) mass is 220 g/mol. The zero-order chi connectivity index (χ0) is 11.2. The van der Waals surface area contributed by atoms with Crippen LogP contribution < -0.4 is 5.73 Å². The first-order valence-corrected chi connectivity index (χ1v) is 5.80. The van der Waals surface area contributed by atoms with Crippen molar-refractivity contribution in [1.29, 1.82) is 0 Å². The van der Waals surface area contributed by atoms with Crippen LogP contribution >= 0.6 is 0 Å². The maximum absolute atomic E-state index is 5.74. The third-order valence-electron chi connectivity index (χ3n) is 3.57. The second-order valence-corrected chi connectivity index (χ2v) is 4.70. The predicted molar refractivity (Wildman–Crippen MR) is 58.8 cm³/mol. The second-order valence-electron chi connectivity index (χ2n) is 4.70. The minimum Gasteiger partial charge on any atom is -0.370 e. The van der Waals surface area contributed by atoms with Gasteiger partial charge in [0.25, 0.3) is 0 Å². The van der Waals surface area contributed by atoms with Gasteiger partial charge in [-0.15, -0.1) is 0 Å². The Morgan fingerprint density at radius 1 is 1.25 bits per heavy atom. The fourth-order valence-corrected chi connectivity index (χ4v) is 2.15. The van der Waals surface area contributed by atoms with E-state index in [4.69, 9.17) is 10.5 Å². The maximum Gasteiger partial charge on any atom is 0.223 e. The van der Waals surface area contributed by atoms with Gasteiger partial charge in [-0.05, 0) is 32.1 Å². The van der Waals surface area contributed by atoms with E-state index in [-0.39, 0.29) is 5.60 Å². The molecule has 0 spiro atoms. The molecule has 0 radical (unpaired) electrons. The minimum atomic E-state index is -0.291. The van der Waals surface area contributed by atoms with Crippen LogP contribution in [0.1, 0.15) is 49.7 Å². The SMILES string of the molecule is COC1(c2nc(N)nc(C3CC3)n2)CCC1. The number of methoxy groups -OCH3 is 1. The molecule has 2 aliphatic carbocycles. The van der Waals surface area contributed by atoms with E-state index in [1.165, 1.54) is 12.8 Å². The summed E-state index contributed by atoms with van der Waals surface area (Å²) in [7, 11) is 1.72. The molecule has 0 unspecified atom stereocenters. The summed E-state index contributed by atoms with van der Waals surface area (Å²) in [6.45, 7) is 0. The fourth-order valence-electron chi connectivity index (χ4n) is 2.15. The average molecular weight is 220 g/mol. The van der Waals surface area contributed by atoms with Gasteiger partial charge < -0.3 is 10.5 Å². The van der Waals surface area contributed by atoms with Crippen molar-refractivity contribution in [3.8, 4) is 0 Å². The third kappa shape index (κ3) is 1.46. The molecule has 0 aromatic carbocycles. The van der Waals surface area contributed by atoms with Gasteiger partial charge in [0.2, 0.25) is 5.95 Å². The maximum atomic E-state index is 5.74. The van der Waals surface area contributed by atoms with Crippen molar-refractivity contribution in [3.63, 3.8) is 0 Å². The summed E-state index contributed by atoms with van der Waals surface area (Å²) >= 11 is 0. The summed E-state index contributed by atoms with van der Waals surface area (Å²) in [6, 6.07) is 0. The lowest BCUT2D eigenvalue weighted by atomic mass is 9.79. The molecule has 86 valence electrons. The lowest BCUT2D eigenvalue weighted by Gasteiger charge is -2.38. The third-order valence-corrected chi connectivity index (χ3v) is 3.57. The van der Waals surface area contributed by atoms with Gasteiger partial charge in [-0.3, -0.25) is 0 Å². The van der Waals surface area contributed by atoms with Gasteiger partial charge in [0.05, 0.1) is 0 Å². The molecule has 2 aliphatic rings. The van der Waals surface area contributed by atoms with Gasteiger partial charge in [0.1, 0.15) is 11.4 Å². The highest BCUT2D eigenvalue weighted by Crippen LogP contribution is 2.44. The quantitative estimate of drug-likeness (QED) is 0.832. The Balaban J connectivity index is 1.99. The van der Waals surface area contributed by atoms with E-state index in [1.807, 2.05) is 0 Å². The van der Waals surface area contributed by atoms with Crippen LogP contribution in [0.15, 0.2) is 0 Å². The Hall–Kier alpha value is -1.23. The molecule has 0 atom stereocenters. The topological polar surface area (TPSA) is 73.9 Å². The highest BCUT2D eigenvalue weighted by atomic mass is 16.5. The molecule has 0 saturated heterocycles. The van der Waals surface area contributed by atoms with Crippen molar-refractivity contribution >= 4 is 5.95 Å². The van der Waals surface area contributed by atoms with Gasteiger partial charge >= 0.3 is 0 Å². The Morgan fingerprint density at radius 2 is 2.00 bits per heavy atom. The van der Waals surface area contributed by atoms with Crippen LogP contribution in [0.3, 0.4) is 0 Å². The van der Waals surface area contributed by atoms with Gasteiger partial charge in [0, 0.05) is 13.0 Å². The van der Waals surface area contributed by atoms with Gasteiger partial charge in [-0.2, -0.15) is 9.97 Å². The standard InChI is InChI=1S/C11H16N4O/c1-16-11(5-2-6-11)9-13-8(7-3-4-7)14-10(12)15-9/h7H,2-6H2,1H3,(H2,12,13,14,15). The zero-order valence-electron chi connectivity index (χ0n) is 9.44. The molecular weight excluding hydrogens is 204 g/mol. The highest BCUT2D eigenvalue weighted by molar-refractivity contribution is 5.23. The number of nitrogens with two attached hydrogens (primary N) is 1. The minimum absolute atomic E-state index is 0.291. The average Bonchev–Trinajstić information content (AvgIpc) is 2.99. The zero-order valence-corrected chi connectivity index (χ0v) is 9.44. The molecule has 16 heavy (non-hydrogen) atoms. The van der Waals surface area contributed by atoms with Crippen LogP contribution in [0, 0.1) is 0 Å². The van der Waals surface area contributed by atoms with E-state index in [9.17, 15) is 0 Å². The number of ether oxygens (including phenoxy) is 1. The number of hydrogen-bond donors (Lipinski definition) is 1. The Kier molecular flexibility index (Phi) is 2.10. The lowest BCUT2D eigenvalue weighted by molar-refractivity contribution is -0.0848. The normalized spacial score (nSPS) is 22.8. The highest BCUT2D eigenvalue weighted by Gasteiger charge is 2.43. The van der Waals surface area contributed by atoms with E-state index >= 15 is 0 Å². The smallest absolute Gasteiger partial charge is 0.223 e. The molecule has 5 nitrogen and oxygen atoms in total. The molecule has 0 aliphatic heterocycles. The van der Waals surface area contributed by atoms with E-state index < -0.39 is 0 Å². The lowest BCUT2D eigenvalue weighted by Crippen LogP contribution is -2.38. The van der Waals surface area contributed by atoms with Gasteiger partial charge in [0.15, 0.2) is 5.82 Å². The number of rotatable bonds is 3.